The Bertz CT molecular complexity index is 1100. The normalized spacial score (nSPS) is 50.1. The molecule has 0 bridgehead atoms. The van der Waals surface area contributed by atoms with Crippen LogP contribution in [0.1, 0.15) is 119 Å². The lowest BCUT2D eigenvalue weighted by Gasteiger charge is -2.72. The molecule has 3 heteroatoms. The van der Waals surface area contributed by atoms with E-state index in [0.717, 1.165) is 30.6 Å². The van der Waals surface area contributed by atoms with Crippen LogP contribution in [0.5, 0.6) is 0 Å². The Hall–Kier alpha value is -0.900. The summed E-state index contributed by atoms with van der Waals surface area (Å²) in [6.07, 6.45) is 19.2. The van der Waals surface area contributed by atoms with Crippen molar-refractivity contribution in [1.29, 1.82) is 0 Å². The summed E-state index contributed by atoms with van der Waals surface area (Å²) in [5.74, 6) is 3.90. The zero-order valence-electron chi connectivity index (χ0n) is 26.8. The zero-order valence-corrected chi connectivity index (χ0v) is 26.8. The van der Waals surface area contributed by atoms with Crippen LogP contribution in [0, 0.1) is 57.2 Å². The molecule has 3 nitrogen and oxygen atoms in total. The summed E-state index contributed by atoms with van der Waals surface area (Å²) in [7, 11) is 1.61. The molecule has 0 heterocycles. The number of allylic oxidation sites excluding steroid dienone is 5. The van der Waals surface area contributed by atoms with Crippen molar-refractivity contribution in [2.45, 2.75) is 130 Å². The lowest BCUT2D eigenvalue weighted by molar-refractivity contribution is -0.219. The van der Waals surface area contributed by atoms with Crippen molar-refractivity contribution in [2.24, 2.45) is 62.9 Å². The molecule has 6 aliphatic rings. The monoisotopic (exact) mass is 549 g/mol. The molecule has 0 amide bonds. The number of nitrogens with two attached hydrogens (primary N) is 1. The van der Waals surface area contributed by atoms with Crippen molar-refractivity contribution in [2.75, 3.05) is 7.11 Å². The molecule has 4 saturated carbocycles. The first-order chi connectivity index (χ1) is 18.7. The molecule has 40 heavy (non-hydrogen) atoms. The standard InChI is InChI=1S/C37H59NO2/c1-23(2)26-13-18-37(38)20-19-35(6)28(32(26)37)11-12-30-34(5)16-14-27(25-10-9-24(21-25)22-31(39)40-8)33(3,4)29(34)15-17-36(30,35)7/h14,21,24,26,28-32,39H,1,9-13,15-20,22,38H2,2-8H3. The topological polar surface area (TPSA) is 55.5 Å². The van der Waals surface area contributed by atoms with Gasteiger partial charge in [0.2, 0.25) is 0 Å². The predicted molar refractivity (Wildman–Crippen MR) is 165 cm³/mol. The third-order valence-electron chi connectivity index (χ3n) is 15.1. The fraction of sp³-hybridized carbons (Fsp3) is 0.838. The van der Waals surface area contributed by atoms with E-state index >= 15 is 0 Å². The van der Waals surface area contributed by atoms with Crippen molar-refractivity contribution in [3.8, 4) is 0 Å². The molecule has 3 N–H and O–H groups in total. The quantitative estimate of drug-likeness (QED) is 0.267. The number of hydrogen-bond acceptors (Lipinski definition) is 3. The number of methoxy groups -OCH3 is 1. The van der Waals surface area contributed by atoms with Gasteiger partial charge in [-0.1, -0.05) is 58.9 Å². The van der Waals surface area contributed by atoms with Gasteiger partial charge < -0.3 is 15.6 Å². The highest BCUT2D eigenvalue weighted by molar-refractivity contribution is 5.42. The summed E-state index contributed by atoms with van der Waals surface area (Å²) in [5.41, 5.74) is 13.2. The Morgan fingerprint density at radius 1 is 1.00 bits per heavy atom. The first-order valence-corrected chi connectivity index (χ1v) is 16.8. The molecule has 11 atom stereocenters. The van der Waals surface area contributed by atoms with Crippen molar-refractivity contribution >= 4 is 0 Å². The van der Waals surface area contributed by atoms with Gasteiger partial charge in [-0.2, -0.15) is 0 Å². The van der Waals surface area contributed by atoms with Crippen LogP contribution >= 0.6 is 0 Å². The van der Waals surface area contributed by atoms with E-state index in [9.17, 15) is 5.11 Å². The van der Waals surface area contributed by atoms with Crippen molar-refractivity contribution in [3.05, 3.63) is 35.5 Å². The number of aliphatic hydroxyl groups excluding tert-OH is 1. The van der Waals surface area contributed by atoms with Gasteiger partial charge in [0.1, 0.15) is 0 Å². The number of rotatable bonds is 5. The summed E-state index contributed by atoms with van der Waals surface area (Å²) in [6.45, 7) is 20.0. The minimum Gasteiger partial charge on any atom is -0.368 e. The molecule has 0 aromatic carbocycles. The van der Waals surface area contributed by atoms with E-state index in [2.05, 4.69) is 60.3 Å². The molecule has 6 aliphatic carbocycles. The maximum absolute atomic E-state index is 10.1. The highest BCUT2D eigenvalue weighted by atomic mass is 16.6. The van der Waals surface area contributed by atoms with Crippen LogP contribution < -0.4 is 5.73 Å². The summed E-state index contributed by atoms with van der Waals surface area (Å²) in [4.78, 5) is 0. The zero-order chi connectivity index (χ0) is 28.9. The highest BCUT2D eigenvalue weighted by Gasteiger charge is 2.70. The largest absolute Gasteiger partial charge is 0.368 e. The summed E-state index contributed by atoms with van der Waals surface area (Å²) in [6, 6.07) is 0. The molecular formula is C37H59NO2. The highest BCUT2D eigenvalue weighted by Crippen LogP contribution is 2.76. The Morgan fingerprint density at radius 2 is 1.75 bits per heavy atom. The van der Waals surface area contributed by atoms with E-state index in [0.29, 0.717) is 40.4 Å². The maximum atomic E-state index is 10.1. The van der Waals surface area contributed by atoms with E-state index < -0.39 is 6.29 Å². The lowest BCUT2D eigenvalue weighted by atomic mass is 9.33. The smallest absolute Gasteiger partial charge is 0.154 e. The maximum Gasteiger partial charge on any atom is 0.154 e. The molecular weight excluding hydrogens is 490 g/mol. The lowest BCUT2D eigenvalue weighted by Crippen LogP contribution is -2.67. The first-order valence-electron chi connectivity index (χ1n) is 16.8. The van der Waals surface area contributed by atoms with Crippen molar-refractivity contribution in [1.82, 2.24) is 0 Å². The molecule has 4 fully saturated rings. The number of aliphatic hydroxyl groups is 1. The van der Waals surface area contributed by atoms with Crippen LogP contribution in [0.4, 0.5) is 0 Å². The van der Waals surface area contributed by atoms with Gasteiger partial charge in [-0.3, -0.25) is 0 Å². The van der Waals surface area contributed by atoms with Gasteiger partial charge in [0.15, 0.2) is 6.29 Å². The van der Waals surface area contributed by atoms with Gasteiger partial charge in [-0.25, -0.2) is 0 Å². The third kappa shape index (κ3) is 3.92. The van der Waals surface area contributed by atoms with E-state index in [1.807, 2.05) is 0 Å². The number of hydrogen-bond donors (Lipinski definition) is 2. The van der Waals surface area contributed by atoms with Crippen LogP contribution in [0.3, 0.4) is 0 Å². The van der Waals surface area contributed by atoms with Gasteiger partial charge in [0.25, 0.3) is 0 Å². The first kappa shape index (κ1) is 29.2. The second-order valence-corrected chi connectivity index (χ2v) is 16.9. The average molecular weight is 550 g/mol. The fourth-order valence-corrected chi connectivity index (χ4v) is 12.9. The van der Waals surface area contributed by atoms with Gasteiger partial charge in [0.05, 0.1) is 0 Å². The molecule has 11 unspecified atom stereocenters. The molecule has 0 aromatic heterocycles. The second kappa shape index (κ2) is 9.55. The fourth-order valence-electron chi connectivity index (χ4n) is 12.9. The van der Waals surface area contributed by atoms with Crippen LogP contribution in [0.15, 0.2) is 35.5 Å². The third-order valence-corrected chi connectivity index (χ3v) is 15.1. The van der Waals surface area contributed by atoms with E-state index in [1.54, 1.807) is 18.3 Å². The Kier molecular flexibility index (Phi) is 6.97. The molecule has 224 valence electrons. The minimum absolute atomic E-state index is 0.0364. The summed E-state index contributed by atoms with van der Waals surface area (Å²) >= 11 is 0. The number of fused-ring (bicyclic) bond motifs is 7. The minimum atomic E-state index is -0.649. The second-order valence-electron chi connectivity index (χ2n) is 16.9. The molecule has 0 aromatic rings. The van der Waals surface area contributed by atoms with E-state index in [-0.39, 0.29) is 11.0 Å². The average Bonchev–Trinajstić information content (AvgIpc) is 3.48. The van der Waals surface area contributed by atoms with Crippen molar-refractivity contribution < 1.29 is 9.84 Å². The van der Waals surface area contributed by atoms with Gasteiger partial charge >= 0.3 is 0 Å². The predicted octanol–water partition coefficient (Wildman–Crippen LogP) is 8.58. The summed E-state index contributed by atoms with van der Waals surface area (Å²) < 4.78 is 5.17. The van der Waals surface area contributed by atoms with Gasteiger partial charge in [0, 0.05) is 19.1 Å². The van der Waals surface area contributed by atoms with Crippen LogP contribution in [-0.2, 0) is 4.74 Å². The van der Waals surface area contributed by atoms with E-state index in [4.69, 9.17) is 10.5 Å². The van der Waals surface area contributed by atoms with Crippen LogP contribution in [0.25, 0.3) is 0 Å². The molecule has 6 rings (SSSR count). The molecule has 0 radical (unpaired) electrons. The number of ether oxygens (including phenoxy) is 1. The molecule has 0 saturated heterocycles. The van der Waals surface area contributed by atoms with Crippen LogP contribution in [-0.4, -0.2) is 24.0 Å². The Morgan fingerprint density at radius 3 is 2.45 bits per heavy atom. The SMILES string of the molecule is C=C(C)C1CCC2(N)CCC3(C)C(CCC4C5(C)CC=C(C6=CC(CC(O)OC)CC6)C(C)(C)C5CCC43C)C12. The Labute approximate surface area is 245 Å². The summed E-state index contributed by atoms with van der Waals surface area (Å²) in [5, 5.41) is 10.1. The van der Waals surface area contributed by atoms with E-state index in [1.165, 1.54) is 63.4 Å². The molecule has 0 spiro atoms. The van der Waals surface area contributed by atoms with Crippen LogP contribution in [0.2, 0.25) is 0 Å². The van der Waals surface area contributed by atoms with Gasteiger partial charge in [-0.05, 0) is 146 Å². The van der Waals surface area contributed by atoms with Gasteiger partial charge in [-0.15, -0.1) is 0 Å². The Balaban J connectivity index is 1.31. The molecule has 0 aliphatic heterocycles. The van der Waals surface area contributed by atoms with Crippen molar-refractivity contribution in [3.63, 3.8) is 0 Å².